The van der Waals surface area contributed by atoms with Gasteiger partial charge in [-0.1, -0.05) is 17.7 Å². The molecule has 2 rings (SSSR count). The quantitative estimate of drug-likeness (QED) is 0.836. The average Bonchev–Trinajstić information content (AvgIpc) is 2.62. The van der Waals surface area contributed by atoms with Gasteiger partial charge in [0, 0.05) is 19.3 Å². The molecular weight excluding hydrogens is 276 g/mol. The number of rotatable bonds is 3. The van der Waals surface area contributed by atoms with Crippen molar-refractivity contribution >= 4 is 33.1 Å². The first-order chi connectivity index (χ1) is 8.40. The van der Waals surface area contributed by atoms with Gasteiger partial charge in [-0.15, -0.1) is 0 Å². The van der Waals surface area contributed by atoms with Crippen LogP contribution in [0.2, 0.25) is 5.02 Å². The molecule has 0 aliphatic carbocycles. The number of hydrogen-bond donors (Lipinski definition) is 2. The molecule has 8 heteroatoms. The fourth-order valence-corrected chi connectivity index (χ4v) is 3.14. The third kappa shape index (κ3) is 2.41. The number of anilines is 2. The summed E-state index contributed by atoms with van der Waals surface area (Å²) in [6.07, 6.45) is 1.62. The van der Waals surface area contributed by atoms with Crippen LogP contribution in [0.5, 0.6) is 0 Å². The molecule has 0 amide bonds. The lowest BCUT2D eigenvalue weighted by Crippen LogP contribution is -2.15. The summed E-state index contributed by atoms with van der Waals surface area (Å²) in [6, 6.07) is 6.05. The number of sulfonamides is 1. The molecule has 0 aliphatic rings. The molecule has 0 radical (unpaired) electrons. The fraction of sp³-hybridized carbons (Fsp3) is 0.100. The molecule has 0 atom stereocenters. The van der Waals surface area contributed by atoms with Crippen LogP contribution in [0, 0.1) is 0 Å². The lowest BCUT2D eigenvalue weighted by molar-refractivity contribution is 0.601. The first-order valence-electron chi connectivity index (χ1n) is 4.96. The van der Waals surface area contributed by atoms with E-state index in [0.717, 1.165) is 0 Å². The van der Waals surface area contributed by atoms with Crippen LogP contribution in [-0.2, 0) is 17.1 Å². The molecule has 2 aromatic rings. The van der Waals surface area contributed by atoms with Crippen LogP contribution in [0.25, 0.3) is 0 Å². The van der Waals surface area contributed by atoms with Gasteiger partial charge in [0.15, 0.2) is 5.82 Å². The predicted molar refractivity (Wildman–Crippen MR) is 69.9 cm³/mol. The first-order valence-corrected chi connectivity index (χ1v) is 6.83. The van der Waals surface area contributed by atoms with E-state index in [9.17, 15) is 8.42 Å². The van der Waals surface area contributed by atoms with Gasteiger partial charge in [-0.3, -0.25) is 9.40 Å². The van der Waals surface area contributed by atoms with Gasteiger partial charge < -0.3 is 5.73 Å². The minimum absolute atomic E-state index is 0.0680. The topological polar surface area (TPSA) is 90.0 Å². The molecule has 0 saturated carbocycles. The molecule has 0 saturated heterocycles. The van der Waals surface area contributed by atoms with E-state index in [-0.39, 0.29) is 21.4 Å². The first kappa shape index (κ1) is 12.7. The number of hydrogen-bond acceptors (Lipinski definition) is 4. The van der Waals surface area contributed by atoms with Crippen molar-refractivity contribution < 1.29 is 8.42 Å². The summed E-state index contributed by atoms with van der Waals surface area (Å²) >= 11 is 5.86. The van der Waals surface area contributed by atoms with Gasteiger partial charge in [-0.2, -0.15) is 5.10 Å². The summed E-state index contributed by atoms with van der Waals surface area (Å²) in [7, 11) is -2.16. The number of nitrogens with one attached hydrogen (secondary N) is 1. The van der Waals surface area contributed by atoms with Crippen LogP contribution in [0.3, 0.4) is 0 Å². The van der Waals surface area contributed by atoms with Crippen molar-refractivity contribution in [2.45, 2.75) is 4.90 Å². The molecule has 0 fully saturated rings. The largest absolute Gasteiger partial charge is 0.398 e. The number of aromatic nitrogens is 2. The molecule has 0 unspecified atom stereocenters. The summed E-state index contributed by atoms with van der Waals surface area (Å²) in [5.41, 5.74) is 5.73. The van der Waals surface area contributed by atoms with Crippen molar-refractivity contribution in [3.63, 3.8) is 0 Å². The highest BCUT2D eigenvalue weighted by molar-refractivity contribution is 7.93. The zero-order valence-electron chi connectivity index (χ0n) is 9.46. The molecule has 1 heterocycles. The summed E-state index contributed by atoms with van der Waals surface area (Å²) in [4.78, 5) is -0.141. The number of aryl methyl sites for hydroxylation is 1. The van der Waals surface area contributed by atoms with E-state index in [0.29, 0.717) is 0 Å². The van der Waals surface area contributed by atoms with Crippen LogP contribution in [0.4, 0.5) is 11.5 Å². The van der Waals surface area contributed by atoms with Crippen molar-refractivity contribution in [1.82, 2.24) is 9.78 Å². The van der Waals surface area contributed by atoms with Gasteiger partial charge in [-0.05, 0) is 12.1 Å². The summed E-state index contributed by atoms with van der Waals surface area (Å²) in [5.74, 6) is 0.205. The van der Waals surface area contributed by atoms with Gasteiger partial charge in [0.25, 0.3) is 10.0 Å². The Morgan fingerprint density at radius 3 is 2.67 bits per heavy atom. The lowest BCUT2D eigenvalue weighted by atomic mass is 10.3. The van der Waals surface area contributed by atoms with Gasteiger partial charge >= 0.3 is 0 Å². The van der Waals surface area contributed by atoms with Crippen molar-refractivity contribution in [3.8, 4) is 0 Å². The molecular formula is C10H11ClN4O2S. The van der Waals surface area contributed by atoms with E-state index < -0.39 is 10.0 Å². The van der Waals surface area contributed by atoms with Crippen LogP contribution in [0.15, 0.2) is 35.4 Å². The second-order valence-electron chi connectivity index (χ2n) is 3.64. The molecule has 0 spiro atoms. The van der Waals surface area contributed by atoms with Crippen LogP contribution in [-0.4, -0.2) is 18.2 Å². The molecule has 3 N–H and O–H groups in total. The van der Waals surface area contributed by atoms with Crippen molar-refractivity contribution in [1.29, 1.82) is 0 Å². The number of nitrogens with two attached hydrogens (primary N) is 1. The SMILES string of the molecule is Cn1ccc(NS(=O)(=O)c2c(N)cccc2Cl)n1. The van der Waals surface area contributed by atoms with E-state index in [1.54, 1.807) is 19.3 Å². The Balaban J connectivity index is 2.43. The van der Waals surface area contributed by atoms with Crippen LogP contribution < -0.4 is 10.5 Å². The van der Waals surface area contributed by atoms with Crippen molar-refractivity contribution in [2.75, 3.05) is 10.5 Å². The average molecular weight is 287 g/mol. The zero-order valence-corrected chi connectivity index (χ0v) is 11.0. The molecule has 0 bridgehead atoms. The normalized spacial score (nSPS) is 11.4. The van der Waals surface area contributed by atoms with Crippen molar-refractivity contribution in [3.05, 3.63) is 35.5 Å². The van der Waals surface area contributed by atoms with Crippen LogP contribution in [0.1, 0.15) is 0 Å². The third-order valence-electron chi connectivity index (χ3n) is 2.22. The smallest absolute Gasteiger partial charge is 0.266 e. The zero-order chi connectivity index (χ0) is 13.3. The number of nitrogen functional groups attached to an aromatic ring is 1. The standard InChI is InChI=1S/C10H11ClN4O2S/c1-15-6-5-9(13-15)14-18(16,17)10-7(11)3-2-4-8(10)12/h2-6H,12H2,1H3,(H,13,14). The highest BCUT2D eigenvalue weighted by atomic mass is 35.5. The Hall–Kier alpha value is -1.73. The number of benzene rings is 1. The number of halogens is 1. The second-order valence-corrected chi connectivity index (χ2v) is 5.66. The Bertz CT molecular complexity index is 661. The molecule has 1 aromatic carbocycles. The lowest BCUT2D eigenvalue weighted by Gasteiger charge is -2.09. The molecule has 96 valence electrons. The third-order valence-corrected chi connectivity index (χ3v) is 4.12. The maximum atomic E-state index is 12.1. The maximum absolute atomic E-state index is 12.1. The van der Waals surface area contributed by atoms with E-state index in [2.05, 4.69) is 9.82 Å². The van der Waals surface area contributed by atoms with E-state index in [1.165, 1.54) is 22.9 Å². The van der Waals surface area contributed by atoms with E-state index in [1.807, 2.05) is 0 Å². The number of nitrogens with zero attached hydrogens (tertiary/aromatic N) is 2. The van der Waals surface area contributed by atoms with E-state index in [4.69, 9.17) is 17.3 Å². The van der Waals surface area contributed by atoms with Gasteiger partial charge in [0.05, 0.1) is 10.7 Å². The Kier molecular flexibility index (Phi) is 3.18. The van der Waals surface area contributed by atoms with Gasteiger partial charge in [-0.25, -0.2) is 8.42 Å². The van der Waals surface area contributed by atoms with Crippen molar-refractivity contribution in [2.24, 2.45) is 7.05 Å². The Morgan fingerprint density at radius 2 is 2.11 bits per heavy atom. The Morgan fingerprint density at radius 1 is 1.39 bits per heavy atom. The highest BCUT2D eigenvalue weighted by Crippen LogP contribution is 2.28. The van der Waals surface area contributed by atoms with Crippen LogP contribution >= 0.6 is 11.6 Å². The second kappa shape index (κ2) is 4.51. The molecule has 1 aromatic heterocycles. The summed E-state index contributed by atoms with van der Waals surface area (Å²) in [5, 5.41) is 3.99. The summed E-state index contributed by atoms with van der Waals surface area (Å²) < 4.78 is 28.0. The fourth-order valence-electron chi connectivity index (χ4n) is 1.47. The monoisotopic (exact) mass is 286 g/mol. The van der Waals surface area contributed by atoms with E-state index >= 15 is 0 Å². The van der Waals surface area contributed by atoms with Gasteiger partial charge in [0.2, 0.25) is 0 Å². The Labute approximate surface area is 109 Å². The highest BCUT2D eigenvalue weighted by Gasteiger charge is 2.21. The summed E-state index contributed by atoms with van der Waals surface area (Å²) in [6.45, 7) is 0. The molecule has 18 heavy (non-hydrogen) atoms. The minimum Gasteiger partial charge on any atom is -0.398 e. The maximum Gasteiger partial charge on any atom is 0.266 e. The van der Waals surface area contributed by atoms with Gasteiger partial charge in [0.1, 0.15) is 4.90 Å². The minimum atomic E-state index is -3.84. The molecule has 6 nitrogen and oxygen atoms in total. The molecule has 0 aliphatic heterocycles. The predicted octanol–water partition coefficient (Wildman–Crippen LogP) is 1.46.